The standard InChI is InChI=1S/C21H23N3O/c1-3-4-8-17-11-13-18(14-12-17)23-21(25)20-15-22-24(16(20)2)19-9-6-5-7-10-19/h5-7,9-15H,3-4,8H2,1-2H3,(H,23,25). The van der Waals surface area contributed by atoms with Crippen LogP contribution in [0.25, 0.3) is 5.69 Å². The molecule has 0 spiro atoms. The summed E-state index contributed by atoms with van der Waals surface area (Å²) in [5.74, 6) is -0.138. The minimum Gasteiger partial charge on any atom is -0.322 e. The van der Waals surface area contributed by atoms with Gasteiger partial charge in [-0.05, 0) is 49.6 Å². The van der Waals surface area contributed by atoms with E-state index in [-0.39, 0.29) is 5.91 Å². The molecule has 0 bridgehead atoms. The fraction of sp³-hybridized carbons (Fsp3) is 0.238. The molecule has 1 amide bonds. The topological polar surface area (TPSA) is 46.9 Å². The second-order valence-corrected chi connectivity index (χ2v) is 6.15. The van der Waals surface area contributed by atoms with Crippen LogP contribution in [0.4, 0.5) is 5.69 Å². The van der Waals surface area contributed by atoms with Crippen molar-refractivity contribution in [3.8, 4) is 5.69 Å². The predicted molar refractivity (Wildman–Crippen MR) is 101 cm³/mol. The van der Waals surface area contributed by atoms with E-state index in [0.29, 0.717) is 5.56 Å². The number of unbranched alkanes of at least 4 members (excludes halogenated alkanes) is 1. The van der Waals surface area contributed by atoms with Crippen molar-refractivity contribution in [2.45, 2.75) is 33.1 Å². The quantitative estimate of drug-likeness (QED) is 0.706. The summed E-state index contributed by atoms with van der Waals surface area (Å²) in [6, 6.07) is 17.9. The molecule has 3 rings (SSSR count). The van der Waals surface area contributed by atoms with Crippen molar-refractivity contribution in [3.63, 3.8) is 0 Å². The van der Waals surface area contributed by atoms with Crippen LogP contribution in [0.3, 0.4) is 0 Å². The van der Waals surface area contributed by atoms with E-state index in [1.165, 1.54) is 18.4 Å². The Morgan fingerprint density at radius 3 is 2.48 bits per heavy atom. The van der Waals surface area contributed by atoms with Crippen LogP contribution in [0.2, 0.25) is 0 Å². The molecule has 0 atom stereocenters. The van der Waals surface area contributed by atoms with Gasteiger partial charge in [-0.25, -0.2) is 4.68 Å². The van der Waals surface area contributed by atoms with Gasteiger partial charge in [-0.1, -0.05) is 43.7 Å². The molecule has 0 saturated carbocycles. The summed E-state index contributed by atoms with van der Waals surface area (Å²) in [6.07, 6.45) is 5.06. The van der Waals surface area contributed by atoms with Crippen molar-refractivity contribution >= 4 is 11.6 Å². The van der Waals surface area contributed by atoms with E-state index in [4.69, 9.17) is 0 Å². The largest absolute Gasteiger partial charge is 0.322 e. The summed E-state index contributed by atoms with van der Waals surface area (Å²) in [5, 5.41) is 7.31. The zero-order chi connectivity index (χ0) is 17.6. The zero-order valence-electron chi connectivity index (χ0n) is 14.7. The molecule has 0 radical (unpaired) electrons. The van der Waals surface area contributed by atoms with E-state index in [1.54, 1.807) is 10.9 Å². The normalized spacial score (nSPS) is 10.6. The number of carbonyl (C=O) groups is 1. The van der Waals surface area contributed by atoms with Crippen LogP contribution < -0.4 is 5.32 Å². The predicted octanol–water partition coefficient (Wildman–Crippen LogP) is 4.78. The van der Waals surface area contributed by atoms with Crippen molar-refractivity contribution < 1.29 is 4.79 Å². The summed E-state index contributed by atoms with van der Waals surface area (Å²) >= 11 is 0. The van der Waals surface area contributed by atoms with Gasteiger partial charge in [0.25, 0.3) is 5.91 Å². The van der Waals surface area contributed by atoms with Gasteiger partial charge in [0.1, 0.15) is 0 Å². The number of para-hydroxylation sites is 1. The number of nitrogens with zero attached hydrogens (tertiary/aromatic N) is 2. The molecule has 1 heterocycles. The minimum atomic E-state index is -0.138. The van der Waals surface area contributed by atoms with E-state index in [0.717, 1.165) is 23.5 Å². The Bertz CT molecular complexity index is 835. The number of hydrogen-bond donors (Lipinski definition) is 1. The van der Waals surface area contributed by atoms with Crippen LogP contribution in [0.5, 0.6) is 0 Å². The first-order valence-electron chi connectivity index (χ1n) is 8.69. The van der Waals surface area contributed by atoms with E-state index in [2.05, 4.69) is 29.5 Å². The second kappa shape index (κ2) is 7.79. The van der Waals surface area contributed by atoms with Crippen molar-refractivity contribution in [1.29, 1.82) is 0 Å². The highest BCUT2D eigenvalue weighted by Gasteiger charge is 2.15. The van der Waals surface area contributed by atoms with Gasteiger partial charge < -0.3 is 5.32 Å². The molecule has 0 unspecified atom stereocenters. The highest BCUT2D eigenvalue weighted by Crippen LogP contribution is 2.17. The summed E-state index contributed by atoms with van der Waals surface area (Å²) in [5.41, 5.74) is 4.45. The summed E-state index contributed by atoms with van der Waals surface area (Å²) in [4.78, 5) is 12.6. The third-order valence-electron chi connectivity index (χ3n) is 4.29. The molecule has 128 valence electrons. The number of rotatable bonds is 6. The number of anilines is 1. The van der Waals surface area contributed by atoms with Crippen LogP contribution in [0.1, 0.15) is 41.4 Å². The lowest BCUT2D eigenvalue weighted by atomic mass is 10.1. The number of aryl methyl sites for hydroxylation is 1. The lowest BCUT2D eigenvalue weighted by Crippen LogP contribution is -2.13. The Morgan fingerprint density at radius 1 is 1.08 bits per heavy atom. The number of nitrogens with one attached hydrogen (secondary N) is 1. The molecule has 0 aliphatic rings. The van der Waals surface area contributed by atoms with Crippen LogP contribution in [-0.2, 0) is 6.42 Å². The van der Waals surface area contributed by atoms with Crippen LogP contribution >= 0.6 is 0 Å². The van der Waals surface area contributed by atoms with E-state index in [9.17, 15) is 4.79 Å². The molecular formula is C21H23N3O. The van der Waals surface area contributed by atoms with Gasteiger partial charge >= 0.3 is 0 Å². The van der Waals surface area contributed by atoms with Gasteiger partial charge in [0, 0.05) is 5.69 Å². The van der Waals surface area contributed by atoms with Gasteiger partial charge in [-0.3, -0.25) is 4.79 Å². The Hall–Kier alpha value is -2.88. The number of aromatic nitrogens is 2. The molecule has 1 aromatic heterocycles. The minimum absolute atomic E-state index is 0.138. The number of carbonyl (C=O) groups excluding carboxylic acids is 1. The second-order valence-electron chi connectivity index (χ2n) is 6.15. The Labute approximate surface area is 148 Å². The fourth-order valence-corrected chi connectivity index (χ4v) is 2.80. The summed E-state index contributed by atoms with van der Waals surface area (Å²) < 4.78 is 1.78. The summed E-state index contributed by atoms with van der Waals surface area (Å²) in [7, 11) is 0. The van der Waals surface area contributed by atoms with E-state index < -0.39 is 0 Å². The molecule has 2 aromatic carbocycles. The van der Waals surface area contributed by atoms with Gasteiger partial charge in [-0.15, -0.1) is 0 Å². The summed E-state index contributed by atoms with van der Waals surface area (Å²) in [6.45, 7) is 4.09. The van der Waals surface area contributed by atoms with Crippen molar-refractivity contribution in [2.24, 2.45) is 0 Å². The third-order valence-corrected chi connectivity index (χ3v) is 4.29. The lowest BCUT2D eigenvalue weighted by molar-refractivity contribution is 0.102. The highest BCUT2D eigenvalue weighted by molar-refractivity contribution is 6.04. The molecule has 0 aliphatic heterocycles. The molecule has 4 heteroatoms. The van der Waals surface area contributed by atoms with Crippen molar-refractivity contribution in [2.75, 3.05) is 5.32 Å². The van der Waals surface area contributed by atoms with Crippen LogP contribution in [-0.4, -0.2) is 15.7 Å². The van der Waals surface area contributed by atoms with Crippen LogP contribution in [0, 0.1) is 6.92 Å². The Balaban J connectivity index is 1.73. The third kappa shape index (κ3) is 3.97. The molecule has 0 fully saturated rings. The Morgan fingerprint density at radius 2 is 1.80 bits per heavy atom. The number of hydrogen-bond acceptors (Lipinski definition) is 2. The smallest absolute Gasteiger partial charge is 0.259 e. The zero-order valence-corrected chi connectivity index (χ0v) is 14.7. The Kier molecular flexibility index (Phi) is 5.29. The van der Waals surface area contributed by atoms with E-state index in [1.807, 2.05) is 49.4 Å². The van der Waals surface area contributed by atoms with E-state index >= 15 is 0 Å². The van der Waals surface area contributed by atoms with Gasteiger partial charge in [0.05, 0.1) is 23.1 Å². The van der Waals surface area contributed by atoms with Gasteiger partial charge in [0.15, 0.2) is 0 Å². The molecule has 4 nitrogen and oxygen atoms in total. The van der Waals surface area contributed by atoms with Crippen LogP contribution in [0.15, 0.2) is 60.8 Å². The molecular weight excluding hydrogens is 310 g/mol. The van der Waals surface area contributed by atoms with Gasteiger partial charge in [-0.2, -0.15) is 5.10 Å². The highest BCUT2D eigenvalue weighted by atomic mass is 16.1. The molecule has 0 aliphatic carbocycles. The molecule has 3 aromatic rings. The maximum atomic E-state index is 12.6. The maximum Gasteiger partial charge on any atom is 0.259 e. The fourth-order valence-electron chi connectivity index (χ4n) is 2.80. The first-order chi connectivity index (χ1) is 12.2. The lowest BCUT2D eigenvalue weighted by Gasteiger charge is -2.07. The van der Waals surface area contributed by atoms with Crippen molar-refractivity contribution in [3.05, 3.63) is 77.6 Å². The van der Waals surface area contributed by atoms with Gasteiger partial charge in [0.2, 0.25) is 0 Å². The number of amides is 1. The molecule has 25 heavy (non-hydrogen) atoms. The SMILES string of the molecule is CCCCc1ccc(NC(=O)c2cnn(-c3ccccc3)c2C)cc1. The maximum absolute atomic E-state index is 12.6. The number of benzene rings is 2. The van der Waals surface area contributed by atoms with Crippen molar-refractivity contribution in [1.82, 2.24) is 9.78 Å². The monoisotopic (exact) mass is 333 g/mol. The average molecular weight is 333 g/mol. The average Bonchev–Trinajstić information content (AvgIpc) is 3.03. The molecule has 1 N–H and O–H groups in total. The molecule has 0 saturated heterocycles. The first-order valence-corrected chi connectivity index (χ1v) is 8.69. The first kappa shape index (κ1) is 17.0.